The van der Waals surface area contributed by atoms with Crippen LogP contribution >= 0.6 is 15.9 Å². The zero-order valence-corrected chi connectivity index (χ0v) is 15.7. The van der Waals surface area contributed by atoms with Gasteiger partial charge in [0.25, 0.3) is 0 Å². The molecule has 2 amide bonds. The van der Waals surface area contributed by atoms with Gasteiger partial charge in [0.15, 0.2) is 0 Å². The lowest BCUT2D eigenvalue weighted by atomic mass is 9.89. The first kappa shape index (κ1) is 18.0. The number of carbonyl (C=O) groups is 2. The minimum atomic E-state index is -0.643. The molecule has 1 aromatic carbocycles. The minimum Gasteiger partial charge on any atom is -0.462 e. The number of carbonyl (C=O) groups excluding carboxylic acids is 2. The Labute approximate surface area is 156 Å². The molecule has 1 aliphatic carbocycles. The number of hydrogen-bond donors (Lipinski definition) is 2. The molecule has 0 aromatic heterocycles. The van der Waals surface area contributed by atoms with Crippen LogP contribution in [0.4, 0.5) is 4.79 Å². The lowest BCUT2D eigenvalue weighted by Gasteiger charge is -2.34. The van der Waals surface area contributed by atoms with E-state index in [9.17, 15) is 9.59 Å². The molecule has 25 heavy (non-hydrogen) atoms. The first-order valence-corrected chi connectivity index (χ1v) is 9.56. The van der Waals surface area contributed by atoms with Crippen molar-refractivity contribution in [3.05, 3.63) is 46.6 Å². The van der Waals surface area contributed by atoms with E-state index >= 15 is 0 Å². The summed E-state index contributed by atoms with van der Waals surface area (Å²) in [6, 6.07) is 6.73. The van der Waals surface area contributed by atoms with Crippen molar-refractivity contribution in [3.63, 3.8) is 0 Å². The summed E-state index contributed by atoms with van der Waals surface area (Å²) in [5.74, 6) is -0.968. The summed E-state index contributed by atoms with van der Waals surface area (Å²) in [7, 11) is 0. The van der Waals surface area contributed by atoms with Crippen molar-refractivity contribution in [1.29, 1.82) is 0 Å². The SMILES string of the molecule is C=C1NC(=O)NC(c2cccc(Br)c2)C1C(=O)OC1CCCCCC1. The van der Waals surface area contributed by atoms with E-state index in [2.05, 4.69) is 33.1 Å². The van der Waals surface area contributed by atoms with Crippen molar-refractivity contribution in [2.75, 3.05) is 0 Å². The standard InChI is InChI=1S/C19H23BrN2O3/c1-12-16(18(23)25-15-9-4-2-3-5-10-15)17(22-19(24)21-12)13-7-6-8-14(20)11-13/h6-8,11,15-17H,1-5,9-10H2,(H2,21,22,24). The summed E-state index contributed by atoms with van der Waals surface area (Å²) >= 11 is 3.44. The number of halogens is 1. The van der Waals surface area contributed by atoms with Gasteiger partial charge in [-0.05, 0) is 43.4 Å². The van der Waals surface area contributed by atoms with E-state index in [1.807, 2.05) is 24.3 Å². The van der Waals surface area contributed by atoms with Crippen LogP contribution in [-0.2, 0) is 9.53 Å². The van der Waals surface area contributed by atoms with E-state index in [1.54, 1.807) is 0 Å². The average Bonchev–Trinajstić information content (AvgIpc) is 2.82. The molecule has 2 unspecified atom stereocenters. The number of esters is 1. The van der Waals surface area contributed by atoms with E-state index in [1.165, 1.54) is 12.8 Å². The van der Waals surface area contributed by atoms with Gasteiger partial charge in [0, 0.05) is 10.2 Å². The van der Waals surface area contributed by atoms with E-state index in [0.717, 1.165) is 35.7 Å². The first-order chi connectivity index (χ1) is 12.0. The fraction of sp³-hybridized carbons (Fsp3) is 0.474. The Bertz CT molecular complexity index is 668. The molecule has 1 aliphatic heterocycles. The van der Waals surface area contributed by atoms with E-state index < -0.39 is 12.0 Å². The summed E-state index contributed by atoms with van der Waals surface area (Å²) in [4.78, 5) is 24.8. The third-order valence-electron chi connectivity index (χ3n) is 4.82. The molecule has 0 spiro atoms. The van der Waals surface area contributed by atoms with Crippen LogP contribution < -0.4 is 10.6 Å². The highest BCUT2D eigenvalue weighted by atomic mass is 79.9. The Morgan fingerprint density at radius 1 is 1.20 bits per heavy atom. The zero-order chi connectivity index (χ0) is 17.8. The van der Waals surface area contributed by atoms with E-state index in [-0.39, 0.29) is 18.1 Å². The molecule has 2 fully saturated rings. The second kappa shape index (κ2) is 8.04. The van der Waals surface area contributed by atoms with E-state index in [4.69, 9.17) is 4.74 Å². The Hall–Kier alpha value is -1.82. The smallest absolute Gasteiger partial charge is 0.319 e. The Kier molecular flexibility index (Phi) is 5.78. The molecule has 1 heterocycles. The van der Waals surface area contributed by atoms with Gasteiger partial charge in [0.05, 0.1) is 6.04 Å². The van der Waals surface area contributed by atoms with Crippen LogP contribution in [0.15, 0.2) is 41.0 Å². The van der Waals surface area contributed by atoms with Crippen molar-refractivity contribution in [2.24, 2.45) is 5.92 Å². The summed E-state index contributed by atoms with van der Waals surface area (Å²) in [5.41, 5.74) is 1.22. The topological polar surface area (TPSA) is 67.4 Å². The molecular formula is C19H23BrN2O3. The molecule has 0 bridgehead atoms. The highest BCUT2D eigenvalue weighted by Crippen LogP contribution is 2.32. The maximum Gasteiger partial charge on any atom is 0.319 e. The maximum atomic E-state index is 12.9. The number of urea groups is 1. The molecule has 1 saturated heterocycles. The minimum absolute atomic E-state index is 0.0383. The van der Waals surface area contributed by atoms with Gasteiger partial charge in [0.2, 0.25) is 0 Å². The third-order valence-corrected chi connectivity index (χ3v) is 5.31. The van der Waals surface area contributed by atoms with Gasteiger partial charge in [-0.3, -0.25) is 4.79 Å². The number of ether oxygens (including phenoxy) is 1. The number of benzene rings is 1. The molecule has 3 rings (SSSR count). The highest BCUT2D eigenvalue weighted by molar-refractivity contribution is 9.10. The van der Waals surface area contributed by atoms with Gasteiger partial charge >= 0.3 is 12.0 Å². The second-order valence-corrected chi connectivity index (χ2v) is 7.60. The van der Waals surface area contributed by atoms with Crippen LogP contribution in [0.1, 0.15) is 50.1 Å². The maximum absolute atomic E-state index is 12.9. The number of nitrogens with one attached hydrogen (secondary N) is 2. The van der Waals surface area contributed by atoms with Crippen molar-refractivity contribution in [2.45, 2.75) is 50.7 Å². The molecule has 1 saturated carbocycles. The van der Waals surface area contributed by atoms with Crippen LogP contribution in [0.3, 0.4) is 0 Å². The lowest BCUT2D eigenvalue weighted by Crippen LogP contribution is -2.51. The van der Waals surface area contributed by atoms with Gasteiger partial charge in [0.1, 0.15) is 12.0 Å². The summed E-state index contributed by atoms with van der Waals surface area (Å²) < 4.78 is 6.68. The molecule has 0 radical (unpaired) electrons. The molecule has 5 nitrogen and oxygen atoms in total. The fourth-order valence-electron chi connectivity index (χ4n) is 3.54. The molecule has 6 heteroatoms. The van der Waals surface area contributed by atoms with Crippen LogP contribution in [0.2, 0.25) is 0 Å². The first-order valence-electron chi connectivity index (χ1n) is 8.77. The van der Waals surface area contributed by atoms with Gasteiger partial charge in [-0.1, -0.05) is 47.5 Å². The summed E-state index contributed by atoms with van der Waals surface area (Å²) in [5, 5.41) is 5.46. The van der Waals surface area contributed by atoms with Gasteiger partial charge in [-0.25, -0.2) is 4.79 Å². The Morgan fingerprint density at radius 2 is 1.92 bits per heavy atom. The van der Waals surface area contributed by atoms with Crippen molar-refractivity contribution in [3.8, 4) is 0 Å². The average molecular weight is 407 g/mol. The predicted molar refractivity (Wildman–Crippen MR) is 98.8 cm³/mol. The molecule has 2 atom stereocenters. The zero-order valence-electron chi connectivity index (χ0n) is 14.1. The van der Waals surface area contributed by atoms with Crippen molar-refractivity contribution in [1.82, 2.24) is 10.6 Å². The van der Waals surface area contributed by atoms with Gasteiger partial charge in [-0.2, -0.15) is 0 Å². The summed E-state index contributed by atoms with van der Waals surface area (Å²) in [6.45, 7) is 3.89. The van der Waals surface area contributed by atoms with E-state index in [0.29, 0.717) is 5.70 Å². The van der Waals surface area contributed by atoms with Crippen LogP contribution in [0, 0.1) is 5.92 Å². The van der Waals surface area contributed by atoms with Gasteiger partial charge < -0.3 is 15.4 Å². The molecular weight excluding hydrogens is 384 g/mol. The normalized spacial score (nSPS) is 24.8. The number of hydrogen-bond acceptors (Lipinski definition) is 3. The molecule has 2 aliphatic rings. The lowest BCUT2D eigenvalue weighted by molar-refractivity contribution is -0.154. The second-order valence-electron chi connectivity index (χ2n) is 6.68. The van der Waals surface area contributed by atoms with Crippen LogP contribution in [0.5, 0.6) is 0 Å². The van der Waals surface area contributed by atoms with Crippen molar-refractivity contribution >= 4 is 27.9 Å². The molecule has 2 N–H and O–H groups in total. The number of rotatable bonds is 3. The monoisotopic (exact) mass is 406 g/mol. The molecule has 134 valence electrons. The summed E-state index contributed by atoms with van der Waals surface area (Å²) in [6.07, 6.45) is 6.36. The Balaban J connectivity index is 1.80. The number of amides is 2. The predicted octanol–water partition coefficient (Wildman–Crippen LogP) is 4.20. The fourth-order valence-corrected chi connectivity index (χ4v) is 3.95. The van der Waals surface area contributed by atoms with Crippen LogP contribution in [0.25, 0.3) is 0 Å². The van der Waals surface area contributed by atoms with Gasteiger partial charge in [-0.15, -0.1) is 0 Å². The largest absolute Gasteiger partial charge is 0.462 e. The molecule has 1 aromatic rings. The Morgan fingerprint density at radius 3 is 2.60 bits per heavy atom. The quantitative estimate of drug-likeness (QED) is 0.583. The van der Waals surface area contributed by atoms with Crippen molar-refractivity contribution < 1.29 is 14.3 Å². The van der Waals surface area contributed by atoms with Crippen LogP contribution in [-0.4, -0.2) is 18.1 Å². The highest BCUT2D eigenvalue weighted by Gasteiger charge is 2.39. The third kappa shape index (κ3) is 4.42.